The fourth-order valence-corrected chi connectivity index (χ4v) is 11.1. The van der Waals surface area contributed by atoms with Gasteiger partial charge >= 0.3 is 0 Å². The Bertz CT molecular complexity index is 1370. The van der Waals surface area contributed by atoms with Crippen molar-refractivity contribution in [2.75, 3.05) is 19.0 Å². The normalized spacial score (nSPS) is 24.6. The fourth-order valence-electron chi connectivity index (χ4n) is 5.74. The van der Waals surface area contributed by atoms with E-state index in [-0.39, 0.29) is 12.2 Å². The second-order valence-electron chi connectivity index (χ2n) is 11.2. The lowest BCUT2D eigenvalue weighted by molar-refractivity contribution is 0.253. The van der Waals surface area contributed by atoms with E-state index in [4.69, 9.17) is 8.85 Å². The number of allylic oxidation sites excluding steroid dienone is 2. The maximum absolute atomic E-state index is 7.03. The molecular weight excluding hydrogens is 489 g/mol. The van der Waals surface area contributed by atoms with Gasteiger partial charge in [0.15, 0.2) is 0 Å². The van der Waals surface area contributed by atoms with Crippen LogP contribution in [0.5, 0.6) is 0 Å². The molecule has 0 N–H and O–H groups in total. The second kappa shape index (κ2) is 9.84. The highest BCUT2D eigenvalue weighted by atomic mass is 28.4. The first-order chi connectivity index (χ1) is 17.6. The third-order valence-electron chi connectivity index (χ3n) is 7.92. The molecule has 3 atom stereocenters. The Morgan fingerprint density at radius 1 is 0.946 bits per heavy atom. The van der Waals surface area contributed by atoms with Crippen LogP contribution < -0.4 is 10.1 Å². The average molecular weight is 527 g/mol. The number of hydrogen-bond acceptors (Lipinski definition) is 4. The molecule has 0 bridgehead atoms. The summed E-state index contributed by atoms with van der Waals surface area (Å²) in [5.41, 5.74) is 7.48. The van der Waals surface area contributed by atoms with Gasteiger partial charge in [-0.2, -0.15) is 0 Å². The van der Waals surface area contributed by atoms with Crippen LogP contribution in [0.2, 0.25) is 19.6 Å². The maximum Gasteiger partial charge on any atom is 0.227 e. The quantitative estimate of drug-likeness (QED) is 0.342. The van der Waals surface area contributed by atoms with Crippen LogP contribution >= 0.6 is 0 Å². The molecule has 6 heteroatoms. The lowest BCUT2D eigenvalue weighted by atomic mass is 9.98. The van der Waals surface area contributed by atoms with Crippen LogP contribution in [-0.2, 0) is 14.9 Å². The molecule has 0 spiro atoms. The van der Waals surface area contributed by atoms with Crippen molar-refractivity contribution >= 4 is 27.5 Å². The van der Waals surface area contributed by atoms with Crippen LogP contribution in [0, 0.1) is 0 Å². The van der Waals surface area contributed by atoms with Crippen molar-refractivity contribution in [2.24, 2.45) is 0 Å². The largest absolute Gasteiger partial charge is 0.402 e. The van der Waals surface area contributed by atoms with Crippen LogP contribution in [-0.4, -0.2) is 35.7 Å². The van der Waals surface area contributed by atoms with Gasteiger partial charge in [0.05, 0.1) is 12.2 Å². The number of aromatic nitrogens is 1. The summed E-state index contributed by atoms with van der Waals surface area (Å²) in [5.74, 6) is 0. The molecule has 0 aliphatic carbocycles. The molecule has 0 saturated heterocycles. The fraction of sp³-hybridized carbons (Fsp3) is 0.323. The topological polar surface area (TPSA) is 34.6 Å². The molecule has 192 valence electrons. The number of anilines is 1. The molecule has 4 nitrogen and oxygen atoms in total. The molecule has 0 fully saturated rings. The third kappa shape index (κ3) is 4.79. The Hall–Kier alpha value is -2.78. The predicted molar refractivity (Wildman–Crippen MR) is 158 cm³/mol. The molecule has 3 unspecified atom stereocenters. The van der Waals surface area contributed by atoms with Gasteiger partial charge in [-0.1, -0.05) is 53.7 Å². The molecular formula is C31H38N2O2Si2. The third-order valence-corrected chi connectivity index (χ3v) is 14.3. The van der Waals surface area contributed by atoms with Crippen molar-refractivity contribution in [1.29, 1.82) is 0 Å². The van der Waals surface area contributed by atoms with Gasteiger partial charge < -0.3 is 13.8 Å². The van der Waals surface area contributed by atoms with Gasteiger partial charge in [-0.05, 0) is 85.2 Å². The zero-order valence-corrected chi connectivity index (χ0v) is 25.1. The van der Waals surface area contributed by atoms with E-state index in [2.05, 4.69) is 118 Å². The van der Waals surface area contributed by atoms with Crippen LogP contribution in [0.15, 0.2) is 89.9 Å². The molecule has 37 heavy (non-hydrogen) atoms. The van der Waals surface area contributed by atoms with Crippen molar-refractivity contribution in [3.05, 3.63) is 112 Å². The standard InChI is InChI=1S/C31H38N2O2Si2/c1-8-12-27-22(2)36(5,6)34-31(27)25-17-23(18-26(19-25)33(3)4)21-37(7)29-15-10-9-14-28(29)30(35-37)24-13-11-16-32-20-24/h8-20,30-31H,21H2,1-7H3. The molecule has 2 aliphatic rings. The lowest BCUT2D eigenvalue weighted by Crippen LogP contribution is -2.46. The first-order valence-electron chi connectivity index (χ1n) is 13.1. The molecule has 3 heterocycles. The molecule has 2 aromatic carbocycles. The Morgan fingerprint density at radius 3 is 2.43 bits per heavy atom. The van der Waals surface area contributed by atoms with Gasteiger partial charge in [0.1, 0.15) is 0 Å². The van der Waals surface area contributed by atoms with Gasteiger partial charge in [-0.15, -0.1) is 0 Å². The van der Waals surface area contributed by atoms with E-state index in [9.17, 15) is 0 Å². The van der Waals surface area contributed by atoms with E-state index < -0.39 is 16.6 Å². The van der Waals surface area contributed by atoms with Crippen molar-refractivity contribution in [3.63, 3.8) is 0 Å². The predicted octanol–water partition coefficient (Wildman–Crippen LogP) is 6.54. The smallest absolute Gasteiger partial charge is 0.227 e. The minimum atomic E-state index is -2.29. The zero-order valence-electron chi connectivity index (χ0n) is 23.1. The SMILES string of the molecule is CC=CC1=C(C)[Si](C)(C)OC1c1cc(C[Si]2(C)OC(c3cccnc3)c3ccccc32)cc(N(C)C)c1. The molecule has 0 saturated carbocycles. The van der Waals surface area contributed by atoms with Gasteiger partial charge in [-0.3, -0.25) is 4.98 Å². The number of nitrogens with zero attached hydrogens (tertiary/aromatic N) is 2. The number of fused-ring (bicyclic) bond motifs is 1. The summed E-state index contributed by atoms with van der Waals surface area (Å²) in [7, 11) is 0.0345. The minimum absolute atomic E-state index is 0.0223. The van der Waals surface area contributed by atoms with Gasteiger partial charge in [0.25, 0.3) is 0 Å². The number of hydrogen-bond donors (Lipinski definition) is 0. The van der Waals surface area contributed by atoms with E-state index >= 15 is 0 Å². The molecule has 3 aromatic rings. The highest BCUT2D eigenvalue weighted by Gasteiger charge is 2.45. The number of pyridine rings is 1. The lowest BCUT2D eigenvalue weighted by Gasteiger charge is -2.27. The second-order valence-corrected chi connectivity index (χ2v) is 18.8. The summed E-state index contributed by atoms with van der Waals surface area (Å²) >= 11 is 0. The number of rotatable bonds is 6. The first-order valence-corrected chi connectivity index (χ1v) is 18.7. The van der Waals surface area contributed by atoms with Crippen LogP contribution in [0.1, 0.15) is 48.3 Å². The monoisotopic (exact) mass is 526 g/mol. The van der Waals surface area contributed by atoms with E-state index in [0.717, 1.165) is 11.6 Å². The van der Waals surface area contributed by atoms with Crippen molar-refractivity contribution in [1.82, 2.24) is 4.98 Å². The first kappa shape index (κ1) is 25.9. The Labute approximate surface area is 223 Å². The van der Waals surface area contributed by atoms with Crippen molar-refractivity contribution in [2.45, 2.75) is 51.7 Å². The summed E-state index contributed by atoms with van der Waals surface area (Å²) in [6, 6.07) is 20.8. The summed E-state index contributed by atoms with van der Waals surface area (Å²) < 4.78 is 13.8. The summed E-state index contributed by atoms with van der Waals surface area (Å²) in [6.45, 7) is 11.3. The Balaban J connectivity index is 1.55. The van der Waals surface area contributed by atoms with E-state index in [1.807, 2.05) is 18.5 Å². The number of benzene rings is 2. The molecule has 1 aromatic heterocycles. The van der Waals surface area contributed by atoms with E-state index in [1.54, 1.807) is 0 Å². The van der Waals surface area contributed by atoms with E-state index in [1.165, 1.54) is 38.3 Å². The van der Waals surface area contributed by atoms with E-state index in [0.29, 0.717) is 0 Å². The van der Waals surface area contributed by atoms with Gasteiger partial charge in [0.2, 0.25) is 16.6 Å². The maximum atomic E-state index is 7.03. The molecule has 0 radical (unpaired) electrons. The highest BCUT2D eigenvalue weighted by Crippen LogP contribution is 2.44. The van der Waals surface area contributed by atoms with Gasteiger partial charge in [-0.25, -0.2) is 0 Å². The van der Waals surface area contributed by atoms with Crippen LogP contribution in [0.4, 0.5) is 5.69 Å². The van der Waals surface area contributed by atoms with Crippen molar-refractivity contribution < 1.29 is 8.85 Å². The summed E-state index contributed by atoms with van der Waals surface area (Å²) in [4.78, 5) is 6.57. The van der Waals surface area contributed by atoms with Crippen LogP contribution in [0.25, 0.3) is 0 Å². The molecule has 0 amide bonds. The minimum Gasteiger partial charge on any atom is -0.402 e. The van der Waals surface area contributed by atoms with Crippen LogP contribution in [0.3, 0.4) is 0 Å². The summed E-state index contributed by atoms with van der Waals surface area (Å²) in [5, 5.41) is 2.82. The van der Waals surface area contributed by atoms with Crippen molar-refractivity contribution in [3.8, 4) is 0 Å². The Kier molecular flexibility index (Phi) is 6.87. The Morgan fingerprint density at radius 2 is 1.73 bits per heavy atom. The highest BCUT2D eigenvalue weighted by molar-refractivity contribution is 6.86. The van der Waals surface area contributed by atoms with Gasteiger partial charge in [0, 0.05) is 37.7 Å². The zero-order chi connectivity index (χ0) is 26.4. The average Bonchev–Trinajstić information content (AvgIpc) is 3.30. The summed E-state index contributed by atoms with van der Waals surface area (Å²) in [6.07, 6.45) is 8.06. The molecule has 5 rings (SSSR count). The molecule has 2 aliphatic heterocycles.